The number of carbonyl (C=O) groups excluding carboxylic acids is 2. The molecule has 3 saturated heterocycles. The average Bonchev–Trinajstić information content (AvgIpc) is 3.46. The lowest BCUT2D eigenvalue weighted by molar-refractivity contribution is -0.0348. The predicted molar refractivity (Wildman–Crippen MR) is 172 cm³/mol. The summed E-state index contributed by atoms with van der Waals surface area (Å²) in [5, 5.41) is 0. The van der Waals surface area contributed by atoms with Crippen LogP contribution in [0.3, 0.4) is 0 Å². The molecule has 3 amide bonds. The Bertz CT molecular complexity index is 1330. The van der Waals surface area contributed by atoms with E-state index in [1.165, 1.54) is 5.56 Å². The summed E-state index contributed by atoms with van der Waals surface area (Å²) in [7, 11) is 3.59. The van der Waals surface area contributed by atoms with Crippen molar-refractivity contribution in [1.29, 1.82) is 0 Å². The van der Waals surface area contributed by atoms with Crippen molar-refractivity contribution in [3.05, 3.63) is 93.3 Å². The van der Waals surface area contributed by atoms with Gasteiger partial charge in [0.25, 0.3) is 5.91 Å². The van der Waals surface area contributed by atoms with Crippen LogP contribution < -0.4 is 0 Å². The summed E-state index contributed by atoms with van der Waals surface area (Å²) in [6, 6.07) is 21.4. The molecule has 0 bridgehead atoms. The van der Waals surface area contributed by atoms with Crippen molar-refractivity contribution in [2.24, 2.45) is 0 Å². The van der Waals surface area contributed by atoms with E-state index in [1.807, 2.05) is 40.1 Å². The first-order valence-electron chi connectivity index (χ1n) is 15.0. The molecule has 0 spiro atoms. The number of benzene rings is 2. The third-order valence-corrected chi connectivity index (χ3v) is 9.84. The molecular formula is C33H40IN5O3. The second-order valence-electron chi connectivity index (χ2n) is 11.9. The molecule has 3 fully saturated rings. The maximum Gasteiger partial charge on any atom is 0.319 e. The molecule has 3 aliphatic heterocycles. The molecule has 4 aliphatic rings. The Morgan fingerprint density at radius 3 is 2.29 bits per heavy atom. The molecule has 2 aromatic rings. The molecule has 8 nitrogen and oxygen atoms in total. The second kappa shape index (κ2) is 12.8. The van der Waals surface area contributed by atoms with E-state index in [0.29, 0.717) is 25.2 Å². The molecule has 0 aromatic heterocycles. The van der Waals surface area contributed by atoms with Crippen molar-refractivity contribution in [1.82, 2.24) is 24.5 Å². The van der Waals surface area contributed by atoms with Gasteiger partial charge in [0.2, 0.25) is 0 Å². The van der Waals surface area contributed by atoms with E-state index >= 15 is 0 Å². The average molecular weight is 682 g/mol. The van der Waals surface area contributed by atoms with Crippen LogP contribution in [0.5, 0.6) is 0 Å². The van der Waals surface area contributed by atoms with Crippen molar-refractivity contribution in [3.8, 4) is 0 Å². The lowest BCUT2D eigenvalue weighted by Gasteiger charge is -2.53. The van der Waals surface area contributed by atoms with Crippen LogP contribution in [-0.4, -0.2) is 115 Å². The smallest absolute Gasteiger partial charge is 0.319 e. The Morgan fingerprint density at radius 1 is 0.881 bits per heavy atom. The number of urea groups is 1. The zero-order valence-electron chi connectivity index (χ0n) is 24.4. The maximum absolute atomic E-state index is 13.3. The van der Waals surface area contributed by atoms with Gasteiger partial charge in [0.05, 0.1) is 16.2 Å². The summed E-state index contributed by atoms with van der Waals surface area (Å²) < 4.78 is 7.51. The number of amides is 3. The second-order valence-corrected chi connectivity index (χ2v) is 13.1. The van der Waals surface area contributed by atoms with Gasteiger partial charge >= 0.3 is 6.03 Å². The van der Waals surface area contributed by atoms with E-state index < -0.39 is 0 Å². The summed E-state index contributed by atoms with van der Waals surface area (Å²) >= 11 is 2.40. The van der Waals surface area contributed by atoms with E-state index in [1.54, 1.807) is 19.0 Å². The van der Waals surface area contributed by atoms with Crippen LogP contribution in [0.2, 0.25) is 0 Å². The highest BCUT2D eigenvalue weighted by molar-refractivity contribution is 14.1. The number of halogens is 1. The third-order valence-electron chi connectivity index (χ3n) is 8.95. The van der Waals surface area contributed by atoms with E-state index in [9.17, 15) is 9.59 Å². The van der Waals surface area contributed by atoms with Gasteiger partial charge in [-0.2, -0.15) is 0 Å². The first kappa shape index (κ1) is 29.2. The van der Waals surface area contributed by atoms with E-state index in [2.05, 4.69) is 74.9 Å². The van der Waals surface area contributed by atoms with Crippen LogP contribution in [0.15, 0.2) is 82.2 Å². The fourth-order valence-electron chi connectivity index (χ4n) is 6.59. The number of rotatable bonds is 6. The first-order chi connectivity index (χ1) is 20.4. The van der Waals surface area contributed by atoms with Crippen molar-refractivity contribution in [2.75, 3.05) is 59.9 Å². The normalized spacial score (nSPS) is 25.5. The van der Waals surface area contributed by atoms with Crippen molar-refractivity contribution >= 4 is 34.5 Å². The van der Waals surface area contributed by atoms with Gasteiger partial charge in [0.15, 0.2) is 0 Å². The highest BCUT2D eigenvalue weighted by Crippen LogP contribution is 2.35. The molecule has 9 heteroatoms. The number of nitrogens with zero attached hydrogens (tertiary/aromatic N) is 5. The number of hydrogen-bond donors (Lipinski definition) is 0. The summed E-state index contributed by atoms with van der Waals surface area (Å²) in [6.45, 7) is 5.76. The fraction of sp³-hybridized carbons (Fsp3) is 0.455. The molecule has 3 atom stereocenters. The van der Waals surface area contributed by atoms with Crippen LogP contribution in [-0.2, 0) is 4.74 Å². The van der Waals surface area contributed by atoms with Crippen molar-refractivity contribution in [2.45, 2.75) is 37.1 Å². The van der Waals surface area contributed by atoms with E-state index in [0.717, 1.165) is 60.5 Å². The molecule has 3 unspecified atom stereocenters. The number of ether oxygens (including phenoxy) is 1. The summed E-state index contributed by atoms with van der Waals surface area (Å²) in [6.07, 6.45) is 6.42. The van der Waals surface area contributed by atoms with Crippen molar-refractivity contribution < 1.29 is 14.3 Å². The van der Waals surface area contributed by atoms with Gasteiger partial charge in [-0.1, -0.05) is 48.5 Å². The largest absolute Gasteiger partial charge is 0.488 e. The Morgan fingerprint density at radius 2 is 1.60 bits per heavy atom. The van der Waals surface area contributed by atoms with Gasteiger partial charge in [-0.05, 0) is 58.9 Å². The standard InChI is InChI=1S/C33H40IN5O3/c1-35(2)33(41)37-16-15-28(22-37)42-31-14-13-26(19-29(31)34)38-20-27(21-38)39-18-17-36(32(40)25-11-7-4-8-12-25)23-30(39)24-9-5-3-6-10-24/h3-12,14,19,26-28,30H,13,15-18,20-23H2,1-2H3. The van der Waals surface area contributed by atoms with Gasteiger partial charge in [-0.15, -0.1) is 0 Å². The van der Waals surface area contributed by atoms with Crippen LogP contribution in [0.4, 0.5) is 4.79 Å². The number of carbonyl (C=O) groups is 2. The molecule has 2 aromatic carbocycles. The van der Waals surface area contributed by atoms with Gasteiger partial charge in [0, 0.05) is 77.4 Å². The molecule has 0 saturated carbocycles. The van der Waals surface area contributed by atoms with Gasteiger partial charge < -0.3 is 19.4 Å². The Balaban J connectivity index is 1.05. The SMILES string of the molecule is CN(C)C(=O)N1CCC(OC2=CCC(N3CC(N4CCN(C(=O)c5ccccc5)CC4c4ccccc4)C3)C=C2I)C1. The van der Waals surface area contributed by atoms with Crippen LogP contribution in [0.25, 0.3) is 0 Å². The minimum Gasteiger partial charge on any atom is -0.488 e. The number of likely N-dealkylation sites (tertiary alicyclic amines) is 2. The number of piperazine rings is 1. The molecule has 222 valence electrons. The highest BCUT2D eigenvalue weighted by Gasteiger charge is 2.42. The third kappa shape index (κ3) is 6.23. The zero-order chi connectivity index (χ0) is 29.2. The maximum atomic E-state index is 13.3. The Hall–Kier alpha value is -2.89. The molecule has 1 aliphatic carbocycles. The monoisotopic (exact) mass is 681 g/mol. The number of allylic oxidation sites excluding steroid dienone is 1. The molecule has 3 heterocycles. The van der Waals surface area contributed by atoms with Crippen molar-refractivity contribution in [3.63, 3.8) is 0 Å². The van der Waals surface area contributed by atoms with Crippen LogP contribution in [0.1, 0.15) is 34.8 Å². The van der Waals surface area contributed by atoms with Crippen LogP contribution >= 0.6 is 22.6 Å². The number of hydrogen-bond acceptors (Lipinski definition) is 5. The predicted octanol–water partition coefficient (Wildman–Crippen LogP) is 4.62. The topological polar surface area (TPSA) is 59.6 Å². The summed E-state index contributed by atoms with van der Waals surface area (Å²) in [4.78, 5) is 36.3. The highest BCUT2D eigenvalue weighted by atomic mass is 127. The first-order valence-corrected chi connectivity index (χ1v) is 16.0. The quantitative estimate of drug-likeness (QED) is 0.417. The Labute approximate surface area is 262 Å². The van der Waals surface area contributed by atoms with Gasteiger partial charge in [-0.3, -0.25) is 14.6 Å². The minimum atomic E-state index is 0.0469. The molecule has 6 rings (SSSR count). The lowest BCUT2D eigenvalue weighted by Crippen LogP contribution is -2.65. The molecular weight excluding hydrogens is 641 g/mol. The molecule has 0 N–H and O–H groups in total. The van der Waals surface area contributed by atoms with E-state index in [4.69, 9.17) is 4.74 Å². The lowest BCUT2D eigenvalue weighted by atomic mass is 9.94. The van der Waals surface area contributed by atoms with Crippen LogP contribution in [0, 0.1) is 0 Å². The molecule has 42 heavy (non-hydrogen) atoms. The minimum absolute atomic E-state index is 0.0469. The molecule has 0 radical (unpaired) electrons. The zero-order valence-corrected chi connectivity index (χ0v) is 26.6. The summed E-state index contributed by atoms with van der Waals surface area (Å²) in [5.41, 5.74) is 2.03. The van der Waals surface area contributed by atoms with E-state index in [-0.39, 0.29) is 24.1 Å². The van der Waals surface area contributed by atoms with Gasteiger partial charge in [-0.25, -0.2) is 4.79 Å². The summed E-state index contributed by atoms with van der Waals surface area (Å²) in [5.74, 6) is 1.07. The Kier molecular flexibility index (Phi) is 8.88. The fourth-order valence-corrected chi connectivity index (χ4v) is 7.35. The van der Waals surface area contributed by atoms with Gasteiger partial charge in [0.1, 0.15) is 11.9 Å².